The van der Waals surface area contributed by atoms with Crippen molar-refractivity contribution in [1.29, 1.82) is 0 Å². The van der Waals surface area contributed by atoms with Crippen molar-refractivity contribution < 1.29 is 9.59 Å². The Bertz CT molecular complexity index is 370. The molecule has 1 aliphatic heterocycles. The van der Waals surface area contributed by atoms with Crippen LogP contribution in [-0.2, 0) is 0 Å². The standard InChI is InChI=1S/C14H18O2S/c15-11-7-5-3-1-2-4-6-8-12(16)14-10-9-13(11)17-14/h9-10H,1-8H2. The van der Waals surface area contributed by atoms with Gasteiger partial charge in [-0.15, -0.1) is 11.3 Å². The Hall–Kier alpha value is -0.960. The summed E-state index contributed by atoms with van der Waals surface area (Å²) in [6, 6.07) is 3.62. The van der Waals surface area contributed by atoms with Gasteiger partial charge in [0.25, 0.3) is 0 Å². The van der Waals surface area contributed by atoms with E-state index < -0.39 is 0 Å². The summed E-state index contributed by atoms with van der Waals surface area (Å²) in [4.78, 5) is 25.2. The third-order valence-corrected chi connectivity index (χ3v) is 4.38. The maximum atomic E-state index is 11.8. The molecule has 17 heavy (non-hydrogen) atoms. The SMILES string of the molecule is O=C1CCCCCCCCC(=O)c2ccc1s2. The second kappa shape index (κ2) is 6.10. The molecule has 1 aromatic rings. The smallest absolute Gasteiger partial charge is 0.172 e. The van der Waals surface area contributed by atoms with E-state index in [9.17, 15) is 9.59 Å². The van der Waals surface area contributed by atoms with Crippen LogP contribution in [0.4, 0.5) is 0 Å². The van der Waals surface area contributed by atoms with Crippen molar-refractivity contribution in [1.82, 2.24) is 0 Å². The van der Waals surface area contributed by atoms with E-state index in [1.165, 1.54) is 24.2 Å². The Morgan fingerprint density at radius 3 is 1.59 bits per heavy atom. The van der Waals surface area contributed by atoms with E-state index in [2.05, 4.69) is 0 Å². The molecule has 0 unspecified atom stereocenters. The number of rotatable bonds is 0. The molecule has 0 spiro atoms. The maximum Gasteiger partial charge on any atom is 0.172 e. The fourth-order valence-electron chi connectivity index (χ4n) is 2.16. The van der Waals surface area contributed by atoms with Crippen LogP contribution < -0.4 is 0 Å². The van der Waals surface area contributed by atoms with Crippen molar-refractivity contribution in [3.8, 4) is 0 Å². The van der Waals surface area contributed by atoms with Crippen molar-refractivity contribution in [3.05, 3.63) is 21.9 Å². The molecule has 2 heterocycles. The zero-order valence-corrected chi connectivity index (χ0v) is 10.9. The Kier molecular flexibility index (Phi) is 4.49. The van der Waals surface area contributed by atoms with Crippen LogP contribution in [0.3, 0.4) is 0 Å². The fourth-order valence-corrected chi connectivity index (χ4v) is 3.10. The summed E-state index contributed by atoms with van der Waals surface area (Å²) in [5.74, 6) is 0.404. The lowest BCUT2D eigenvalue weighted by molar-refractivity contribution is 0.0975. The Labute approximate surface area is 106 Å². The highest BCUT2D eigenvalue weighted by atomic mass is 32.1. The van der Waals surface area contributed by atoms with Crippen LogP contribution in [0.1, 0.15) is 70.7 Å². The van der Waals surface area contributed by atoms with E-state index >= 15 is 0 Å². The molecule has 0 atom stereocenters. The topological polar surface area (TPSA) is 34.1 Å². The summed E-state index contributed by atoms with van der Waals surface area (Å²) in [7, 11) is 0. The summed E-state index contributed by atoms with van der Waals surface area (Å²) >= 11 is 1.37. The van der Waals surface area contributed by atoms with Crippen molar-refractivity contribution in [2.45, 2.75) is 51.4 Å². The average molecular weight is 250 g/mol. The van der Waals surface area contributed by atoms with Crippen molar-refractivity contribution in [3.63, 3.8) is 0 Å². The molecule has 3 heteroatoms. The van der Waals surface area contributed by atoms with Gasteiger partial charge in [0.1, 0.15) is 0 Å². The first-order chi connectivity index (χ1) is 8.27. The third-order valence-electron chi connectivity index (χ3n) is 3.21. The van der Waals surface area contributed by atoms with Gasteiger partial charge in [-0.1, -0.05) is 25.7 Å². The molecule has 92 valence electrons. The largest absolute Gasteiger partial charge is 0.293 e. The molecule has 0 aromatic carbocycles. The molecule has 0 N–H and O–H groups in total. The van der Waals surface area contributed by atoms with Gasteiger partial charge in [-0.25, -0.2) is 0 Å². The van der Waals surface area contributed by atoms with Crippen LogP contribution in [0.5, 0.6) is 0 Å². The molecule has 0 radical (unpaired) electrons. The Morgan fingerprint density at radius 2 is 1.12 bits per heavy atom. The highest BCUT2D eigenvalue weighted by Crippen LogP contribution is 2.22. The Balaban J connectivity index is 2.10. The number of carbonyl (C=O) groups excluding carboxylic acids is 2. The van der Waals surface area contributed by atoms with Gasteiger partial charge in [-0.3, -0.25) is 9.59 Å². The lowest BCUT2D eigenvalue weighted by Gasteiger charge is -2.00. The summed E-state index contributed by atoms with van der Waals surface area (Å²) in [6.45, 7) is 0. The van der Waals surface area contributed by atoms with E-state index in [0.29, 0.717) is 12.8 Å². The van der Waals surface area contributed by atoms with Crippen LogP contribution in [0.15, 0.2) is 12.1 Å². The zero-order chi connectivity index (χ0) is 12.1. The van der Waals surface area contributed by atoms with Gasteiger partial charge in [0.15, 0.2) is 11.6 Å². The van der Waals surface area contributed by atoms with Crippen LogP contribution >= 0.6 is 11.3 Å². The first-order valence-corrected chi connectivity index (χ1v) is 7.25. The molecule has 1 aromatic heterocycles. The number of carbonyl (C=O) groups is 2. The number of ketones is 2. The van der Waals surface area contributed by atoms with Crippen LogP contribution in [0.2, 0.25) is 0 Å². The molecular formula is C14H18O2S. The van der Waals surface area contributed by atoms with Crippen molar-refractivity contribution in [2.75, 3.05) is 0 Å². The normalized spacial score (nSPS) is 19.3. The minimum atomic E-state index is 0.202. The van der Waals surface area contributed by atoms with Crippen LogP contribution in [-0.4, -0.2) is 11.6 Å². The van der Waals surface area contributed by atoms with E-state index in [1.54, 1.807) is 0 Å². The number of fused-ring (bicyclic) bond motifs is 2. The molecule has 0 saturated heterocycles. The second-order valence-corrected chi connectivity index (χ2v) is 5.72. The van der Waals surface area contributed by atoms with Gasteiger partial charge in [0.2, 0.25) is 0 Å². The summed E-state index contributed by atoms with van der Waals surface area (Å²) < 4.78 is 0. The molecule has 0 aliphatic carbocycles. The lowest BCUT2D eigenvalue weighted by Crippen LogP contribution is -1.95. The van der Waals surface area contributed by atoms with E-state index in [0.717, 1.165) is 35.4 Å². The van der Waals surface area contributed by atoms with E-state index in [-0.39, 0.29) is 11.6 Å². The summed E-state index contributed by atoms with van der Waals surface area (Å²) in [6.07, 6.45) is 7.89. The van der Waals surface area contributed by atoms with Crippen molar-refractivity contribution >= 4 is 22.9 Å². The monoisotopic (exact) mass is 250 g/mol. The molecule has 0 saturated carbocycles. The second-order valence-electron chi connectivity index (χ2n) is 4.63. The zero-order valence-electron chi connectivity index (χ0n) is 10.0. The molecule has 2 nitrogen and oxygen atoms in total. The average Bonchev–Trinajstić information content (AvgIpc) is 2.80. The minimum Gasteiger partial charge on any atom is -0.293 e. The highest BCUT2D eigenvalue weighted by molar-refractivity contribution is 7.16. The highest BCUT2D eigenvalue weighted by Gasteiger charge is 2.14. The molecule has 1 aliphatic rings. The predicted octanol–water partition coefficient (Wildman–Crippen LogP) is 4.25. The predicted molar refractivity (Wildman–Crippen MR) is 69.9 cm³/mol. The van der Waals surface area contributed by atoms with Gasteiger partial charge >= 0.3 is 0 Å². The van der Waals surface area contributed by atoms with Crippen LogP contribution in [0, 0.1) is 0 Å². The number of thiophene rings is 1. The molecule has 0 amide bonds. The van der Waals surface area contributed by atoms with E-state index in [1.807, 2.05) is 12.1 Å². The fraction of sp³-hybridized carbons (Fsp3) is 0.571. The molecule has 2 rings (SSSR count). The van der Waals surface area contributed by atoms with Gasteiger partial charge in [0, 0.05) is 12.8 Å². The Morgan fingerprint density at radius 1 is 0.706 bits per heavy atom. The quantitative estimate of drug-likeness (QED) is 0.690. The molecular weight excluding hydrogens is 232 g/mol. The number of hydrogen-bond donors (Lipinski definition) is 0. The summed E-state index contributed by atoms with van der Waals surface area (Å²) in [5.41, 5.74) is 0. The number of hydrogen-bond acceptors (Lipinski definition) is 3. The summed E-state index contributed by atoms with van der Waals surface area (Å²) in [5, 5.41) is 0. The van der Waals surface area contributed by atoms with E-state index in [4.69, 9.17) is 0 Å². The number of Topliss-reactive ketones (excluding diaryl/α,β-unsaturated/α-hetero) is 2. The van der Waals surface area contributed by atoms with Gasteiger partial charge in [-0.05, 0) is 25.0 Å². The molecule has 0 fully saturated rings. The third kappa shape index (κ3) is 3.50. The van der Waals surface area contributed by atoms with Gasteiger partial charge in [0.05, 0.1) is 9.75 Å². The van der Waals surface area contributed by atoms with Gasteiger partial charge < -0.3 is 0 Å². The first-order valence-electron chi connectivity index (χ1n) is 6.43. The van der Waals surface area contributed by atoms with Gasteiger partial charge in [-0.2, -0.15) is 0 Å². The lowest BCUT2D eigenvalue weighted by atomic mass is 10.0. The first kappa shape index (κ1) is 12.5. The molecule has 2 bridgehead atoms. The maximum absolute atomic E-state index is 11.8. The van der Waals surface area contributed by atoms with Crippen molar-refractivity contribution in [2.24, 2.45) is 0 Å². The van der Waals surface area contributed by atoms with Crippen LogP contribution in [0.25, 0.3) is 0 Å². The minimum absolute atomic E-state index is 0.202.